The summed E-state index contributed by atoms with van der Waals surface area (Å²) in [6.45, 7) is 1.69. The van der Waals surface area contributed by atoms with E-state index in [1.54, 1.807) is 21.0 Å². The minimum Gasteiger partial charge on any atom is -0.504 e. The van der Waals surface area contributed by atoms with Gasteiger partial charge in [-0.25, -0.2) is 4.79 Å². The van der Waals surface area contributed by atoms with Gasteiger partial charge in [-0.05, 0) is 61.5 Å². The summed E-state index contributed by atoms with van der Waals surface area (Å²) in [7, 11) is 4.37. The standard InChI is InChI=1S/C31H28F2N4O8/c1-5-42-31(40)18-10-12-21(41-4)23(15-18)44-26-24(32)28(43-19-8-6-7-17(13-19)30(39)37(2)3)36-29(25(26)33)45-22-14-16(27(34)35)9-11-20(22)38/h6-15,38H,5H2,1-4H3,(H3,34,35). The molecule has 3 aromatic carbocycles. The predicted molar refractivity (Wildman–Crippen MR) is 157 cm³/mol. The summed E-state index contributed by atoms with van der Waals surface area (Å²) in [6, 6.07) is 13.2. The Balaban J connectivity index is 1.86. The van der Waals surface area contributed by atoms with E-state index in [1.807, 2.05) is 0 Å². The van der Waals surface area contributed by atoms with E-state index in [1.165, 1.54) is 54.5 Å². The van der Waals surface area contributed by atoms with Crippen molar-refractivity contribution < 1.29 is 47.2 Å². The van der Waals surface area contributed by atoms with Crippen LogP contribution in [0.1, 0.15) is 33.2 Å². The van der Waals surface area contributed by atoms with Gasteiger partial charge < -0.3 is 39.4 Å². The van der Waals surface area contributed by atoms with Gasteiger partial charge in [0.05, 0.1) is 19.3 Å². The molecule has 45 heavy (non-hydrogen) atoms. The number of carbonyl (C=O) groups excluding carboxylic acids is 2. The summed E-state index contributed by atoms with van der Waals surface area (Å²) in [5.41, 5.74) is 5.86. The van der Waals surface area contributed by atoms with Crippen LogP contribution in [0.5, 0.6) is 46.3 Å². The smallest absolute Gasteiger partial charge is 0.338 e. The number of nitrogens with two attached hydrogens (primary N) is 1. The van der Waals surface area contributed by atoms with Crippen LogP contribution in [0, 0.1) is 17.0 Å². The molecular formula is C31H28F2N4O8. The quantitative estimate of drug-likeness (QED) is 0.109. The summed E-state index contributed by atoms with van der Waals surface area (Å²) in [5.74, 6) is -8.32. The number of benzene rings is 3. The number of hydrogen-bond donors (Lipinski definition) is 3. The number of aromatic hydroxyl groups is 1. The Morgan fingerprint density at radius 2 is 1.56 bits per heavy atom. The summed E-state index contributed by atoms with van der Waals surface area (Å²) in [5, 5.41) is 18.0. The van der Waals surface area contributed by atoms with Gasteiger partial charge in [0.1, 0.15) is 11.6 Å². The van der Waals surface area contributed by atoms with Gasteiger partial charge in [0.15, 0.2) is 23.0 Å². The van der Waals surface area contributed by atoms with Crippen LogP contribution in [0.3, 0.4) is 0 Å². The molecule has 0 radical (unpaired) electrons. The average molecular weight is 623 g/mol. The third kappa shape index (κ3) is 7.18. The lowest BCUT2D eigenvalue weighted by molar-refractivity contribution is 0.0525. The molecule has 0 atom stereocenters. The van der Waals surface area contributed by atoms with E-state index in [0.717, 1.165) is 18.2 Å². The highest BCUT2D eigenvalue weighted by molar-refractivity contribution is 5.95. The number of phenols is 1. The maximum absolute atomic E-state index is 16.0. The average Bonchev–Trinajstić information content (AvgIpc) is 3.02. The van der Waals surface area contributed by atoms with E-state index >= 15 is 8.78 Å². The fourth-order valence-corrected chi connectivity index (χ4v) is 3.84. The number of phenolic OH excluding ortho intramolecular Hbond substituents is 1. The molecule has 0 saturated carbocycles. The van der Waals surface area contributed by atoms with Crippen LogP contribution < -0.4 is 24.7 Å². The van der Waals surface area contributed by atoms with E-state index in [-0.39, 0.29) is 58.0 Å². The van der Waals surface area contributed by atoms with Crippen LogP contribution in [0.15, 0.2) is 60.7 Å². The zero-order valence-electron chi connectivity index (χ0n) is 24.5. The number of ether oxygens (including phenoxy) is 5. The molecular weight excluding hydrogens is 594 g/mol. The fourth-order valence-electron chi connectivity index (χ4n) is 3.84. The van der Waals surface area contributed by atoms with Crippen LogP contribution in [-0.4, -0.2) is 60.5 Å². The van der Waals surface area contributed by atoms with Gasteiger partial charge in [0, 0.05) is 25.2 Å². The van der Waals surface area contributed by atoms with E-state index in [2.05, 4.69) is 4.98 Å². The summed E-state index contributed by atoms with van der Waals surface area (Å²) in [4.78, 5) is 29.9. The van der Waals surface area contributed by atoms with Gasteiger partial charge in [0.2, 0.25) is 17.4 Å². The number of esters is 1. The number of halogens is 2. The Hall–Kier alpha value is -5.92. The topological polar surface area (TPSA) is 167 Å². The third-order valence-corrected chi connectivity index (χ3v) is 6.04. The minimum absolute atomic E-state index is 0.00353. The molecule has 0 bridgehead atoms. The number of amidine groups is 1. The lowest BCUT2D eigenvalue weighted by Gasteiger charge is -2.17. The molecule has 0 unspecified atom stereocenters. The molecule has 234 valence electrons. The van der Waals surface area contributed by atoms with E-state index in [4.69, 9.17) is 34.8 Å². The summed E-state index contributed by atoms with van der Waals surface area (Å²) < 4.78 is 58.9. The zero-order valence-corrected chi connectivity index (χ0v) is 24.5. The van der Waals surface area contributed by atoms with Crippen molar-refractivity contribution in [2.45, 2.75) is 6.92 Å². The molecule has 0 saturated heterocycles. The molecule has 14 heteroatoms. The van der Waals surface area contributed by atoms with Crippen LogP contribution in [0.4, 0.5) is 8.78 Å². The monoisotopic (exact) mass is 622 g/mol. The largest absolute Gasteiger partial charge is 0.504 e. The molecule has 1 aromatic heterocycles. The van der Waals surface area contributed by atoms with E-state index in [9.17, 15) is 14.7 Å². The number of nitrogens with one attached hydrogen (secondary N) is 1. The minimum atomic E-state index is -1.47. The first kappa shape index (κ1) is 32.0. The number of carbonyl (C=O) groups is 2. The zero-order chi connectivity index (χ0) is 32.8. The normalized spacial score (nSPS) is 10.5. The van der Waals surface area contributed by atoms with Gasteiger partial charge in [-0.3, -0.25) is 10.2 Å². The Bertz CT molecular complexity index is 1780. The first-order chi connectivity index (χ1) is 21.4. The second-order valence-electron chi connectivity index (χ2n) is 9.40. The van der Waals surface area contributed by atoms with Crippen LogP contribution in [0.25, 0.3) is 0 Å². The van der Waals surface area contributed by atoms with Crippen LogP contribution >= 0.6 is 0 Å². The highest BCUT2D eigenvalue weighted by Crippen LogP contribution is 2.43. The molecule has 0 fully saturated rings. The molecule has 1 heterocycles. The van der Waals surface area contributed by atoms with Crippen LogP contribution in [-0.2, 0) is 4.74 Å². The Kier molecular flexibility index (Phi) is 9.66. The number of amides is 1. The second kappa shape index (κ2) is 13.6. The lowest BCUT2D eigenvalue weighted by atomic mass is 10.2. The summed E-state index contributed by atoms with van der Waals surface area (Å²) >= 11 is 0. The van der Waals surface area contributed by atoms with Gasteiger partial charge in [-0.1, -0.05) is 6.07 Å². The molecule has 4 rings (SSSR count). The number of pyridine rings is 1. The first-order valence-corrected chi connectivity index (χ1v) is 13.2. The number of hydrogen-bond acceptors (Lipinski definition) is 10. The Morgan fingerprint density at radius 3 is 2.20 bits per heavy atom. The van der Waals surface area contributed by atoms with Crippen molar-refractivity contribution in [3.8, 4) is 46.3 Å². The highest BCUT2D eigenvalue weighted by Gasteiger charge is 2.28. The Morgan fingerprint density at radius 1 is 0.889 bits per heavy atom. The first-order valence-electron chi connectivity index (χ1n) is 13.2. The van der Waals surface area contributed by atoms with Gasteiger partial charge in [-0.2, -0.15) is 13.8 Å². The fraction of sp³-hybridized carbons (Fsp3) is 0.161. The molecule has 4 aromatic rings. The van der Waals surface area contributed by atoms with Crippen molar-refractivity contribution >= 4 is 17.7 Å². The van der Waals surface area contributed by atoms with Gasteiger partial charge >= 0.3 is 5.97 Å². The molecule has 1 amide bonds. The summed E-state index contributed by atoms with van der Waals surface area (Å²) in [6.07, 6.45) is 0. The SMILES string of the molecule is CCOC(=O)c1ccc(OC)c(Oc2c(F)c(Oc3cccc(C(=O)N(C)C)c3)nc(Oc3cc(C(=N)N)ccc3O)c2F)c1. The molecule has 0 spiro atoms. The van der Waals surface area contributed by atoms with Crippen molar-refractivity contribution in [3.63, 3.8) is 0 Å². The lowest BCUT2D eigenvalue weighted by Crippen LogP contribution is -2.21. The van der Waals surface area contributed by atoms with Gasteiger partial charge in [0.25, 0.3) is 17.7 Å². The van der Waals surface area contributed by atoms with Crippen molar-refractivity contribution in [2.75, 3.05) is 27.8 Å². The van der Waals surface area contributed by atoms with E-state index in [0.29, 0.717) is 0 Å². The number of aromatic nitrogens is 1. The van der Waals surface area contributed by atoms with E-state index < -0.39 is 40.9 Å². The highest BCUT2D eigenvalue weighted by atomic mass is 19.1. The molecule has 12 nitrogen and oxygen atoms in total. The molecule has 0 aliphatic carbocycles. The van der Waals surface area contributed by atoms with Gasteiger partial charge in [-0.15, -0.1) is 0 Å². The maximum atomic E-state index is 16.0. The Labute approximate surface area is 256 Å². The number of methoxy groups -OCH3 is 1. The maximum Gasteiger partial charge on any atom is 0.338 e. The molecule has 0 aliphatic rings. The van der Waals surface area contributed by atoms with Crippen LogP contribution in [0.2, 0.25) is 0 Å². The number of nitrogen functional groups attached to an aromatic ring is 1. The van der Waals surface area contributed by atoms with Crippen molar-refractivity contribution in [1.82, 2.24) is 9.88 Å². The number of rotatable bonds is 11. The van der Waals surface area contributed by atoms with Crippen molar-refractivity contribution in [3.05, 3.63) is 89.0 Å². The van der Waals surface area contributed by atoms with Crippen molar-refractivity contribution in [2.24, 2.45) is 5.73 Å². The molecule has 0 aliphatic heterocycles. The molecule has 4 N–H and O–H groups in total. The van der Waals surface area contributed by atoms with Crippen molar-refractivity contribution in [1.29, 1.82) is 5.41 Å². The predicted octanol–water partition coefficient (Wildman–Crippen LogP) is 5.61. The second-order valence-corrected chi connectivity index (χ2v) is 9.40. The third-order valence-electron chi connectivity index (χ3n) is 6.04. The number of nitrogens with zero attached hydrogens (tertiary/aromatic N) is 2.